The minimum Gasteiger partial charge on any atom is -0.477 e. The number of carbonyl (C=O) groups is 1. The maximum atomic E-state index is 13.8. The van der Waals surface area contributed by atoms with E-state index in [2.05, 4.69) is 19.9 Å². The van der Waals surface area contributed by atoms with Gasteiger partial charge in [0.25, 0.3) is 0 Å². The summed E-state index contributed by atoms with van der Waals surface area (Å²) in [5.41, 5.74) is 2.32. The van der Waals surface area contributed by atoms with Crippen LogP contribution < -0.4 is 4.74 Å². The summed E-state index contributed by atoms with van der Waals surface area (Å²) in [4.78, 5) is 36.0. The second-order valence-electron chi connectivity index (χ2n) is 9.86. The van der Waals surface area contributed by atoms with Crippen LogP contribution in [0.3, 0.4) is 0 Å². The summed E-state index contributed by atoms with van der Waals surface area (Å²) in [6.45, 7) is 2.39. The quantitative estimate of drug-likeness (QED) is 0.391. The third kappa shape index (κ3) is 5.69. The molecule has 3 aromatic heterocycles. The molecular formula is C27H31N5O4S. The van der Waals surface area contributed by atoms with E-state index in [-0.39, 0.29) is 23.2 Å². The first-order valence-corrected chi connectivity index (χ1v) is 14.6. The van der Waals surface area contributed by atoms with Gasteiger partial charge in [-0.25, -0.2) is 13.4 Å². The molecule has 0 radical (unpaired) electrons. The molecule has 0 spiro atoms. The van der Waals surface area contributed by atoms with Crippen molar-refractivity contribution in [2.24, 2.45) is 0 Å². The second kappa shape index (κ2) is 10.6. The molecule has 194 valence electrons. The zero-order valence-corrected chi connectivity index (χ0v) is 21.8. The van der Waals surface area contributed by atoms with Gasteiger partial charge in [-0.1, -0.05) is 19.3 Å². The Morgan fingerprint density at radius 2 is 1.76 bits per heavy atom. The fourth-order valence-corrected chi connectivity index (χ4v) is 6.65. The van der Waals surface area contributed by atoms with Gasteiger partial charge in [0.1, 0.15) is 0 Å². The van der Waals surface area contributed by atoms with Crippen LogP contribution in [0, 0.1) is 0 Å². The van der Waals surface area contributed by atoms with E-state index in [1.165, 1.54) is 6.20 Å². The topological polar surface area (TPSA) is 125 Å². The van der Waals surface area contributed by atoms with Crippen molar-refractivity contribution in [2.45, 2.75) is 74.7 Å². The van der Waals surface area contributed by atoms with Crippen LogP contribution in [0.2, 0.25) is 0 Å². The maximum absolute atomic E-state index is 13.8. The van der Waals surface area contributed by atoms with E-state index in [4.69, 9.17) is 9.72 Å². The molecule has 0 aromatic carbocycles. The number of hydrogen-bond donors (Lipinski definition) is 0. The van der Waals surface area contributed by atoms with Crippen LogP contribution in [-0.2, 0) is 32.2 Å². The van der Waals surface area contributed by atoms with Gasteiger partial charge >= 0.3 is 0 Å². The van der Waals surface area contributed by atoms with Crippen LogP contribution in [-0.4, -0.2) is 51.0 Å². The molecule has 0 amide bonds. The predicted molar refractivity (Wildman–Crippen MR) is 138 cm³/mol. The number of sulfone groups is 1. The van der Waals surface area contributed by atoms with Gasteiger partial charge in [-0.2, -0.15) is 0 Å². The molecule has 37 heavy (non-hydrogen) atoms. The molecule has 5 rings (SSSR count). The van der Waals surface area contributed by atoms with Crippen LogP contribution in [0.4, 0.5) is 0 Å². The van der Waals surface area contributed by atoms with Gasteiger partial charge in [0.2, 0.25) is 5.88 Å². The van der Waals surface area contributed by atoms with Gasteiger partial charge in [-0.3, -0.25) is 24.7 Å². The highest BCUT2D eigenvalue weighted by Gasteiger charge is 2.43. The van der Waals surface area contributed by atoms with Gasteiger partial charge in [-0.15, -0.1) is 0 Å². The maximum Gasteiger partial charge on any atom is 0.232 e. The van der Waals surface area contributed by atoms with E-state index >= 15 is 0 Å². The first-order valence-electron chi connectivity index (χ1n) is 12.9. The average molecular weight is 522 g/mol. The van der Waals surface area contributed by atoms with Crippen molar-refractivity contribution in [1.29, 1.82) is 0 Å². The Kier molecular flexibility index (Phi) is 7.28. The van der Waals surface area contributed by atoms with Crippen molar-refractivity contribution in [1.82, 2.24) is 24.9 Å². The average Bonchev–Trinajstić information content (AvgIpc) is 3.77. The molecule has 2 aliphatic rings. The van der Waals surface area contributed by atoms with E-state index in [0.717, 1.165) is 24.8 Å². The lowest BCUT2D eigenvalue weighted by Gasteiger charge is -2.35. The molecule has 2 saturated carbocycles. The van der Waals surface area contributed by atoms with Crippen LogP contribution >= 0.6 is 0 Å². The van der Waals surface area contributed by atoms with E-state index in [1.54, 1.807) is 24.8 Å². The number of Topliss-reactive ketones (excluding diaryl/α,β-unsaturated/α-hetero) is 1. The molecule has 0 saturated heterocycles. The van der Waals surface area contributed by atoms with Crippen LogP contribution in [0.15, 0.2) is 43.1 Å². The number of hydrogen-bond acceptors (Lipinski definition) is 9. The fourth-order valence-electron chi connectivity index (χ4n) is 5.01. The summed E-state index contributed by atoms with van der Waals surface area (Å²) >= 11 is 0. The van der Waals surface area contributed by atoms with Gasteiger partial charge in [0.05, 0.1) is 52.5 Å². The Balaban J connectivity index is 1.36. The van der Waals surface area contributed by atoms with Crippen molar-refractivity contribution in [3.8, 4) is 17.1 Å². The van der Waals surface area contributed by atoms with Crippen LogP contribution in [0.1, 0.15) is 69.0 Å². The normalized spacial score (nSPS) is 17.3. The first kappa shape index (κ1) is 25.4. The third-order valence-corrected chi connectivity index (χ3v) is 9.35. The summed E-state index contributed by atoms with van der Waals surface area (Å²) in [5.74, 6) is 0.368. The van der Waals surface area contributed by atoms with Crippen molar-refractivity contribution in [3.63, 3.8) is 0 Å². The van der Waals surface area contributed by atoms with E-state index in [1.807, 2.05) is 19.1 Å². The molecule has 0 atom stereocenters. The molecular weight excluding hydrogens is 490 g/mol. The Labute approximate surface area is 217 Å². The number of pyridine rings is 1. The highest BCUT2D eigenvalue weighted by atomic mass is 32.2. The van der Waals surface area contributed by atoms with Crippen LogP contribution in [0.5, 0.6) is 5.88 Å². The zero-order chi connectivity index (χ0) is 25.9. The number of rotatable bonds is 10. The highest BCUT2D eigenvalue weighted by Crippen LogP contribution is 2.40. The minimum atomic E-state index is -3.22. The molecule has 3 heterocycles. The molecule has 0 N–H and O–H groups in total. The summed E-state index contributed by atoms with van der Waals surface area (Å²) in [6, 6.07) is 3.72. The van der Waals surface area contributed by atoms with Crippen molar-refractivity contribution >= 4 is 15.6 Å². The lowest BCUT2D eigenvalue weighted by molar-refractivity contribution is -0.125. The molecule has 0 aliphatic heterocycles. The summed E-state index contributed by atoms with van der Waals surface area (Å²) in [5, 5.41) is -0.259. The summed E-state index contributed by atoms with van der Waals surface area (Å²) in [7, 11) is -3.22. The SMILES string of the molecule is CCOc1cncc(-c2ccc(CC(=O)C3(c4cncc(CS(=O)(=O)C5CC5)n4)CCCCC3)nc2)n1. The zero-order valence-electron chi connectivity index (χ0n) is 21.0. The van der Waals surface area contributed by atoms with Gasteiger partial charge in [-0.05, 0) is 44.7 Å². The van der Waals surface area contributed by atoms with Gasteiger partial charge < -0.3 is 4.74 Å². The van der Waals surface area contributed by atoms with Crippen molar-refractivity contribution < 1.29 is 17.9 Å². The van der Waals surface area contributed by atoms with E-state index in [0.29, 0.717) is 60.9 Å². The Morgan fingerprint density at radius 3 is 2.46 bits per heavy atom. The smallest absolute Gasteiger partial charge is 0.232 e. The molecule has 9 nitrogen and oxygen atoms in total. The van der Waals surface area contributed by atoms with Gasteiger partial charge in [0, 0.05) is 36.3 Å². The lowest BCUT2D eigenvalue weighted by atomic mass is 9.68. The Morgan fingerprint density at radius 1 is 0.973 bits per heavy atom. The molecule has 0 unspecified atom stereocenters. The molecule has 10 heteroatoms. The Bertz CT molecular complexity index is 1370. The molecule has 2 fully saturated rings. The van der Waals surface area contributed by atoms with Crippen LogP contribution in [0.25, 0.3) is 11.3 Å². The molecule has 2 aliphatic carbocycles. The van der Waals surface area contributed by atoms with Gasteiger partial charge in [0.15, 0.2) is 15.6 Å². The summed E-state index contributed by atoms with van der Waals surface area (Å²) in [6.07, 6.45) is 13.9. The Hall–Kier alpha value is -3.27. The van der Waals surface area contributed by atoms with E-state index in [9.17, 15) is 13.2 Å². The van der Waals surface area contributed by atoms with Crippen molar-refractivity contribution in [3.05, 3.63) is 60.2 Å². The van der Waals surface area contributed by atoms with Crippen molar-refractivity contribution in [2.75, 3.05) is 6.61 Å². The summed E-state index contributed by atoms with van der Waals surface area (Å²) < 4.78 is 30.5. The first-order chi connectivity index (χ1) is 17.9. The number of ether oxygens (including phenoxy) is 1. The number of nitrogens with zero attached hydrogens (tertiary/aromatic N) is 5. The number of ketones is 1. The largest absolute Gasteiger partial charge is 0.477 e. The number of carbonyl (C=O) groups excluding carboxylic acids is 1. The standard InChI is InChI=1S/C27H31N5O4S/c1-2-36-26-17-29-15-23(32-26)19-6-7-20(30-13-19)12-25(33)27(10-4-3-5-11-27)24-16-28-14-21(31-24)18-37(34,35)22-8-9-22/h6-7,13-17,22H,2-5,8-12,18H2,1H3. The lowest BCUT2D eigenvalue weighted by Crippen LogP contribution is -2.40. The highest BCUT2D eigenvalue weighted by molar-refractivity contribution is 7.91. The van der Waals surface area contributed by atoms with E-state index < -0.39 is 15.3 Å². The third-order valence-electron chi connectivity index (χ3n) is 7.16. The monoisotopic (exact) mass is 521 g/mol. The second-order valence-corrected chi connectivity index (χ2v) is 12.1. The minimum absolute atomic E-state index is 0.0436. The molecule has 0 bridgehead atoms. The fraction of sp³-hybridized carbons (Fsp3) is 0.481. The number of aromatic nitrogens is 5. The predicted octanol–water partition coefficient (Wildman–Crippen LogP) is 3.82. The molecule has 3 aromatic rings.